The number of amides is 1. The van der Waals surface area contributed by atoms with Crippen molar-refractivity contribution in [2.24, 2.45) is 0 Å². The zero-order valence-corrected chi connectivity index (χ0v) is 7.60. The lowest BCUT2D eigenvalue weighted by Gasteiger charge is -2.14. The smallest absolute Gasteiger partial charge is 0.274 e. The van der Waals surface area contributed by atoms with Gasteiger partial charge in [0.1, 0.15) is 5.69 Å². The van der Waals surface area contributed by atoms with Crippen molar-refractivity contribution >= 4 is 11.7 Å². The Bertz CT molecular complexity index is 349. The molecule has 0 unspecified atom stereocenters. The van der Waals surface area contributed by atoms with E-state index in [0.717, 1.165) is 0 Å². The maximum absolute atomic E-state index is 11.7. The second-order valence-corrected chi connectivity index (χ2v) is 3.36. The van der Waals surface area contributed by atoms with Gasteiger partial charge in [-0.1, -0.05) is 0 Å². The molecule has 1 fully saturated rings. The summed E-state index contributed by atoms with van der Waals surface area (Å²) in [5.41, 5.74) is 5.80. The number of likely N-dealkylation sites (tertiary alicyclic amines) is 1. The molecule has 2 rings (SSSR count). The average molecular weight is 196 g/mol. The molecule has 0 aliphatic carbocycles. The van der Waals surface area contributed by atoms with Crippen LogP contribution in [0.3, 0.4) is 0 Å². The molecule has 0 bridgehead atoms. The molecule has 0 aromatic carbocycles. The third-order valence-corrected chi connectivity index (χ3v) is 2.33. The largest absolute Gasteiger partial charge is 0.391 e. The Morgan fingerprint density at radius 1 is 1.79 bits per heavy atom. The number of aliphatic hydroxyl groups is 1. The van der Waals surface area contributed by atoms with Gasteiger partial charge in [-0.15, -0.1) is 0 Å². The molecule has 6 nitrogen and oxygen atoms in total. The fourth-order valence-corrected chi connectivity index (χ4v) is 1.56. The number of H-pyrrole nitrogens is 1. The molecular weight excluding hydrogens is 184 g/mol. The molecule has 1 aliphatic heterocycles. The molecule has 1 aromatic rings. The van der Waals surface area contributed by atoms with Crippen LogP contribution in [0.1, 0.15) is 16.9 Å². The molecule has 1 saturated heterocycles. The predicted octanol–water partition coefficient (Wildman–Crippen LogP) is -0.801. The molecule has 0 spiro atoms. The zero-order valence-electron chi connectivity index (χ0n) is 7.60. The Balaban J connectivity index is 2.13. The standard InChI is InChI=1S/C8H12N4O2/c9-7-6(10-4-11-7)8(14)12-2-1-5(13)3-12/h4-5,13H,1-3,9H2,(H,10,11)/t5-/m1/s1. The number of aliphatic hydroxyl groups excluding tert-OH is 1. The summed E-state index contributed by atoms with van der Waals surface area (Å²) in [6.07, 6.45) is 1.59. The molecule has 14 heavy (non-hydrogen) atoms. The molecular formula is C8H12N4O2. The van der Waals surface area contributed by atoms with E-state index in [4.69, 9.17) is 5.73 Å². The summed E-state index contributed by atoms with van der Waals surface area (Å²) in [7, 11) is 0. The molecule has 2 heterocycles. The third-order valence-electron chi connectivity index (χ3n) is 2.33. The Morgan fingerprint density at radius 2 is 2.57 bits per heavy atom. The van der Waals surface area contributed by atoms with E-state index in [9.17, 15) is 9.90 Å². The quantitative estimate of drug-likeness (QED) is 0.548. The van der Waals surface area contributed by atoms with Crippen LogP contribution in [0.2, 0.25) is 0 Å². The minimum absolute atomic E-state index is 0.198. The van der Waals surface area contributed by atoms with Crippen LogP contribution in [0.5, 0.6) is 0 Å². The van der Waals surface area contributed by atoms with Crippen molar-refractivity contribution < 1.29 is 9.90 Å². The summed E-state index contributed by atoms with van der Waals surface area (Å²) >= 11 is 0. The predicted molar refractivity (Wildman–Crippen MR) is 49.5 cm³/mol. The van der Waals surface area contributed by atoms with Crippen molar-refractivity contribution in [3.63, 3.8) is 0 Å². The topological polar surface area (TPSA) is 95.2 Å². The highest BCUT2D eigenvalue weighted by molar-refractivity contribution is 5.96. The maximum Gasteiger partial charge on any atom is 0.274 e. The third kappa shape index (κ3) is 1.44. The van der Waals surface area contributed by atoms with Crippen LogP contribution in [0.25, 0.3) is 0 Å². The molecule has 0 radical (unpaired) electrons. The highest BCUT2D eigenvalue weighted by atomic mass is 16.3. The molecule has 1 atom stereocenters. The number of carbonyl (C=O) groups excluding carboxylic acids is 1. The van der Waals surface area contributed by atoms with Gasteiger partial charge in [0.25, 0.3) is 5.91 Å². The van der Waals surface area contributed by atoms with E-state index < -0.39 is 6.10 Å². The second-order valence-electron chi connectivity index (χ2n) is 3.36. The van der Waals surface area contributed by atoms with Crippen molar-refractivity contribution in [2.75, 3.05) is 18.8 Å². The number of nitrogen functional groups attached to an aromatic ring is 1. The van der Waals surface area contributed by atoms with Crippen LogP contribution in [-0.2, 0) is 0 Å². The second kappa shape index (κ2) is 3.30. The van der Waals surface area contributed by atoms with Gasteiger partial charge in [-0.05, 0) is 6.42 Å². The average Bonchev–Trinajstić information content (AvgIpc) is 2.73. The molecule has 4 N–H and O–H groups in total. The summed E-state index contributed by atoms with van der Waals surface area (Å²) in [5.74, 6) is 0.00735. The number of hydrogen-bond donors (Lipinski definition) is 3. The number of carbonyl (C=O) groups is 1. The minimum atomic E-state index is -0.414. The number of imidazole rings is 1. The van der Waals surface area contributed by atoms with Crippen molar-refractivity contribution in [1.82, 2.24) is 14.9 Å². The zero-order chi connectivity index (χ0) is 10.1. The van der Waals surface area contributed by atoms with Crippen LogP contribution in [0.4, 0.5) is 5.82 Å². The van der Waals surface area contributed by atoms with Crippen molar-refractivity contribution in [3.8, 4) is 0 Å². The molecule has 0 saturated carbocycles. The Labute approximate surface area is 80.7 Å². The van der Waals surface area contributed by atoms with E-state index in [1.807, 2.05) is 0 Å². The summed E-state index contributed by atoms with van der Waals surface area (Å²) in [6, 6.07) is 0. The summed E-state index contributed by atoms with van der Waals surface area (Å²) < 4.78 is 0. The summed E-state index contributed by atoms with van der Waals surface area (Å²) in [4.78, 5) is 19.7. The number of hydrogen-bond acceptors (Lipinski definition) is 4. The summed E-state index contributed by atoms with van der Waals surface area (Å²) in [6.45, 7) is 0.940. The Hall–Kier alpha value is -1.56. The number of aromatic nitrogens is 2. The first-order valence-electron chi connectivity index (χ1n) is 4.44. The summed E-state index contributed by atoms with van der Waals surface area (Å²) in [5, 5.41) is 9.26. The molecule has 1 amide bonds. The lowest BCUT2D eigenvalue weighted by Crippen LogP contribution is -2.30. The first-order chi connectivity index (χ1) is 6.68. The van der Waals surface area contributed by atoms with Gasteiger partial charge >= 0.3 is 0 Å². The fourth-order valence-electron chi connectivity index (χ4n) is 1.56. The van der Waals surface area contributed by atoms with Gasteiger partial charge in [-0.25, -0.2) is 4.98 Å². The van der Waals surface area contributed by atoms with Crippen LogP contribution < -0.4 is 5.73 Å². The van der Waals surface area contributed by atoms with Gasteiger partial charge < -0.3 is 20.7 Å². The number of rotatable bonds is 1. The van der Waals surface area contributed by atoms with E-state index >= 15 is 0 Å². The lowest BCUT2D eigenvalue weighted by atomic mass is 10.3. The van der Waals surface area contributed by atoms with E-state index in [1.54, 1.807) is 4.90 Å². The fraction of sp³-hybridized carbons (Fsp3) is 0.500. The van der Waals surface area contributed by atoms with Crippen LogP contribution in [0, 0.1) is 0 Å². The van der Waals surface area contributed by atoms with Gasteiger partial charge in [0.05, 0.1) is 12.4 Å². The van der Waals surface area contributed by atoms with Gasteiger partial charge in [0, 0.05) is 13.1 Å². The number of aromatic amines is 1. The van der Waals surface area contributed by atoms with E-state index in [1.165, 1.54) is 6.33 Å². The highest BCUT2D eigenvalue weighted by Gasteiger charge is 2.27. The van der Waals surface area contributed by atoms with Gasteiger partial charge in [-0.3, -0.25) is 4.79 Å². The van der Waals surface area contributed by atoms with Gasteiger partial charge in [-0.2, -0.15) is 0 Å². The van der Waals surface area contributed by atoms with Crippen LogP contribution >= 0.6 is 0 Å². The number of nitrogens with zero attached hydrogens (tertiary/aromatic N) is 2. The van der Waals surface area contributed by atoms with E-state index in [-0.39, 0.29) is 11.7 Å². The van der Waals surface area contributed by atoms with Crippen LogP contribution in [0.15, 0.2) is 6.33 Å². The number of nitrogens with one attached hydrogen (secondary N) is 1. The van der Waals surface area contributed by atoms with Gasteiger partial charge in [0.2, 0.25) is 0 Å². The molecule has 1 aromatic heterocycles. The maximum atomic E-state index is 11.7. The first-order valence-corrected chi connectivity index (χ1v) is 4.44. The first kappa shape index (κ1) is 9.01. The minimum Gasteiger partial charge on any atom is -0.391 e. The number of β-amino-alcohol motifs (C(OH)–C–C–N with tert-alkyl or cyclic N) is 1. The van der Waals surface area contributed by atoms with Crippen molar-refractivity contribution in [1.29, 1.82) is 0 Å². The normalized spacial score (nSPS) is 21.5. The van der Waals surface area contributed by atoms with E-state index in [2.05, 4.69) is 9.97 Å². The van der Waals surface area contributed by atoms with Gasteiger partial charge in [0.15, 0.2) is 5.82 Å². The van der Waals surface area contributed by atoms with E-state index in [0.29, 0.717) is 25.2 Å². The van der Waals surface area contributed by atoms with Crippen molar-refractivity contribution in [3.05, 3.63) is 12.0 Å². The Morgan fingerprint density at radius 3 is 3.07 bits per heavy atom. The monoisotopic (exact) mass is 196 g/mol. The Kier molecular flexibility index (Phi) is 2.12. The van der Waals surface area contributed by atoms with Crippen LogP contribution in [-0.4, -0.2) is 45.1 Å². The lowest BCUT2D eigenvalue weighted by molar-refractivity contribution is 0.0761. The number of anilines is 1. The molecule has 76 valence electrons. The molecule has 1 aliphatic rings. The van der Waals surface area contributed by atoms with Crippen molar-refractivity contribution in [2.45, 2.75) is 12.5 Å². The molecule has 6 heteroatoms. The SMILES string of the molecule is Nc1nc[nH]c1C(=O)N1CC[C@@H](O)C1. The highest BCUT2D eigenvalue weighted by Crippen LogP contribution is 2.14. The number of nitrogens with two attached hydrogens (primary N) is 1.